The van der Waals surface area contributed by atoms with Crippen LogP contribution in [-0.2, 0) is 11.3 Å². The number of carbonyl (C=O) groups is 1. The van der Waals surface area contributed by atoms with Crippen LogP contribution in [0.15, 0.2) is 17.4 Å². The summed E-state index contributed by atoms with van der Waals surface area (Å²) < 4.78 is 38.6. The lowest BCUT2D eigenvalue weighted by molar-refractivity contribution is -0.137. The van der Waals surface area contributed by atoms with Gasteiger partial charge in [0.2, 0.25) is 0 Å². The molecule has 0 radical (unpaired) electrons. The van der Waals surface area contributed by atoms with Gasteiger partial charge in [-0.1, -0.05) is 11.8 Å². The quantitative estimate of drug-likeness (QED) is 0.858. The zero-order valence-corrected chi connectivity index (χ0v) is 11.8. The average Bonchev–Trinajstić information content (AvgIpc) is 2.72. The zero-order chi connectivity index (χ0) is 15.6. The molecule has 114 valence electrons. The summed E-state index contributed by atoms with van der Waals surface area (Å²) in [6.07, 6.45) is -3.82. The second kappa shape index (κ2) is 5.92. The van der Waals surface area contributed by atoms with E-state index in [4.69, 9.17) is 5.11 Å². The molecule has 0 aliphatic carbocycles. The lowest BCUT2D eigenvalue weighted by atomic mass is 10.3. The molecule has 2 aromatic heterocycles. The Bertz CT molecular complexity index is 670. The second-order valence-electron chi connectivity index (χ2n) is 4.39. The minimum Gasteiger partial charge on any atom is -0.481 e. The van der Waals surface area contributed by atoms with E-state index in [9.17, 15) is 18.0 Å². The third-order valence-electron chi connectivity index (χ3n) is 2.74. The topological polar surface area (TPSA) is 68.0 Å². The number of halogens is 3. The number of carboxylic acid groups (broad SMARTS) is 1. The molecule has 0 atom stereocenters. The van der Waals surface area contributed by atoms with Crippen molar-refractivity contribution in [2.45, 2.75) is 31.2 Å². The number of pyridine rings is 1. The van der Waals surface area contributed by atoms with Gasteiger partial charge in [0.25, 0.3) is 0 Å². The summed E-state index contributed by atoms with van der Waals surface area (Å²) in [7, 11) is 0. The van der Waals surface area contributed by atoms with Crippen molar-refractivity contribution in [3.63, 3.8) is 0 Å². The van der Waals surface area contributed by atoms with Crippen LogP contribution in [0.2, 0.25) is 0 Å². The highest BCUT2D eigenvalue weighted by Gasteiger charge is 2.28. The van der Waals surface area contributed by atoms with Crippen molar-refractivity contribution < 1.29 is 23.1 Å². The number of imidazole rings is 1. The Balaban J connectivity index is 2.39. The molecule has 0 amide bonds. The van der Waals surface area contributed by atoms with Gasteiger partial charge in [-0.2, -0.15) is 13.2 Å². The Morgan fingerprint density at radius 1 is 1.48 bits per heavy atom. The van der Waals surface area contributed by atoms with Gasteiger partial charge in [0.05, 0.1) is 12.2 Å². The third-order valence-corrected chi connectivity index (χ3v) is 3.71. The van der Waals surface area contributed by atoms with Crippen molar-refractivity contribution >= 4 is 28.9 Å². The van der Waals surface area contributed by atoms with Crippen molar-refractivity contribution in [3.8, 4) is 0 Å². The summed E-state index contributed by atoms with van der Waals surface area (Å²) in [5, 5.41) is 8.94. The number of nitrogens with zero attached hydrogens (tertiary/aromatic N) is 3. The molecule has 2 aromatic rings. The Morgan fingerprint density at radius 2 is 2.19 bits per heavy atom. The lowest BCUT2D eigenvalue weighted by Gasteiger charge is -2.09. The molecule has 0 unspecified atom stereocenters. The average molecular weight is 319 g/mol. The zero-order valence-electron chi connectivity index (χ0n) is 11.0. The summed E-state index contributed by atoms with van der Waals surface area (Å²) in [6.45, 7) is 1.44. The number of carboxylic acids is 1. The van der Waals surface area contributed by atoms with Gasteiger partial charge in [0, 0.05) is 12.7 Å². The predicted molar refractivity (Wildman–Crippen MR) is 71.3 cm³/mol. The maximum Gasteiger partial charge on any atom is 0.390 e. The number of alkyl halides is 3. The van der Waals surface area contributed by atoms with E-state index < -0.39 is 18.6 Å². The number of aryl methyl sites for hydroxylation is 2. The maximum atomic E-state index is 12.4. The predicted octanol–water partition coefficient (Wildman–Crippen LogP) is 2.87. The van der Waals surface area contributed by atoms with Crippen LogP contribution in [0, 0.1) is 6.92 Å². The summed E-state index contributed by atoms with van der Waals surface area (Å²) in [6, 6.07) is 1.70. The molecule has 1 N–H and O–H groups in total. The van der Waals surface area contributed by atoms with Crippen LogP contribution in [-0.4, -0.2) is 37.5 Å². The molecule has 2 rings (SSSR count). The number of fused-ring (bicyclic) bond motifs is 1. The smallest absolute Gasteiger partial charge is 0.390 e. The molecular weight excluding hydrogens is 307 g/mol. The second-order valence-corrected chi connectivity index (χ2v) is 5.34. The van der Waals surface area contributed by atoms with Crippen LogP contribution in [0.3, 0.4) is 0 Å². The Kier molecular flexibility index (Phi) is 4.40. The lowest BCUT2D eigenvalue weighted by Crippen LogP contribution is -2.13. The highest BCUT2D eigenvalue weighted by atomic mass is 32.2. The van der Waals surface area contributed by atoms with Crippen LogP contribution in [0.4, 0.5) is 13.2 Å². The molecule has 0 spiro atoms. The van der Waals surface area contributed by atoms with Gasteiger partial charge in [-0.3, -0.25) is 4.79 Å². The molecule has 0 saturated carbocycles. The third kappa shape index (κ3) is 3.87. The molecule has 0 aromatic carbocycles. The molecular formula is C12H12F3N3O2S. The molecule has 0 aliphatic rings. The Labute approximate surface area is 122 Å². The largest absolute Gasteiger partial charge is 0.481 e. The molecule has 0 saturated heterocycles. The minimum absolute atomic E-state index is 0.235. The standard InChI is InChI=1S/C12H12F3N3O2S/c1-7-2-4-16-10-9(7)17-11(21-6-8(19)20)18(10)5-3-12(13,14)15/h2,4H,3,5-6H2,1H3,(H,19,20). The maximum absolute atomic E-state index is 12.4. The van der Waals surface area contributed by atoms with Gasteiger partial charge in [0.15, 0.2) is 10.8 Å². The van der Waals surface area contributed by atoms with Gasteiger partial charge in [-0.15, -0.1) is 0 Å². The number of aromatic nitrogens is 3. The fraction of sp³-hybridized carbons (Fsp3) is 0.417. The van der Waals surface area contributed by atoms with Crippen molar-refractivity contribution in [1.29, 1.82) is 0 Å². The Morgan fingerprint density at radius 3 is 2.81 bits per heavy atom. The SMILES string of the molecule is Cc1ccnc2c1nc(SCC(=O)O)n2CCC(F)(F)F. The first-order chi connectivity index (χ1) is 9.78. The van der Waals surface area contributed by atoms with E-state index in [0.29, 0.717) is 11.2 Å². The first-order valence-electron chi connectivity index (χ1n) is 6.01. The van der Waals surface area contributed by atoms with Crippen LogP contribution in [0.1, 0.15) is 12.0 Å². The molecule has 0 aliphatic heterocycles. The van der Waals surface area contributed by atoms with Gasteiger partial charge < -0.3 is 9.67 Å². The number of hydrogen-bond donors (Lipinski definition) is 1. The molecule has 5 nitrogen and oxygen atoms in total. The van der Waals surface area contributed by atoms with Crippen LogP contribution < -0.4 is 0 Å². The minimum atomic E-state index is -4.30. The molecule has 2 heterocycles. The summed E-state index contributed by atoms with van der Waals surface area (Å²) in [5.74, 6) is -1.33. The van der Waals surface area contributed by atoms with Gasteiger partial charge >= 0.3 is 12.1 Å². The molecule has 0 bridgehead atoms. The molecule has 9 heteroatoms. The van der Waals surface area contributed by atoms with Crippen LogP contribution in [0.25, 0.3) is 11.2 Å². The van der Waals surface area contributed by atoms with E-state index in [2.05, 4.69) is 9.97 Å². The fourth-order valence-corrected chi connectivity index (χ4v) is 2.54. The van der Waals surface area contributed by atoms with Gasteiger partial charge in [-0.05, 0) is 18.6 Å². The van der Waals surface area contributed by atoms with Crippen LogP contribution in [0.5, 0.6) is 0 Å². The van der Waals surface area contributed by atoms with E-state index in [1.807, 2.05) is 0 Å². The molecule has 0 fully saturated rings. The normalized spacial score (nSPS) is 12.0. The summed E-state index contributed by atoms with van der Waals surface area (Å²) in [5.41, 5.74) is 1.61. The van der Waals surface area contributed by atoms with E-state index in [1.165, 1.54) is 10.8 Å². The van der Waals surface area contributed by atoms with Gasteiger partial charge in [0.1, 0.15) is 5.52 Å². The highest BCUT2D eigenvalue weighted by Crippen LogP contribution is 2.27. The van der Waals surface area contributed by atoms with E-state index in [-0.39, 0.29) is 17.5 Å². The summed E-state index contributed by atoms with van der Waals surface area (Å²) >= 11 is 0.885. The number of aliphatic carboxylic acids is 1. The monoisotopic (exact) mass is 319 g/mol. The Hall–Kier alpha value is -1.77. The van der Waals surface area contributed by atoms with E-state index >= 15 is 0 Å². The van der Waals surface area contributed by atoms with Gasteiger partial charge in [-0.25, -0.2) is 9.97 Å². The first-order valence-corrected chi connectivity index (χ1v) is 6.99. The fourth-order valence-electron chi connectivity index (χ4n) is 1.80. The van der Waals surface area contributed by atoms with Crippen molar-refractivity contribution in [1.82, 2.24) is 14.5 Å². The first kappa shape index (κ1) is 15.6. The van der Waals surface area contributed by atoms with Crippen molar-refractivity contribution in [2.75, 3.05) is 5.75 Å². The number of hydrogen-bond acceptors (Lipinski definition) is 4. The van der Waals surface area contributed by atoms with Crippen molar-refractivity contribution in [2.24, 2.45) is 0 Å². The van der Waals surface area contributed by atoms with E-state index in [1.54, 1.807) is 13.0 Å². The number of thioether (sulfide) groups is 1. The molecule has 21 heavy (non-hydrogen) atoms. The van der Waals surface area contributed by atoms with E-state index in [0.717, 1.165) is 17.3 Å². The summed E-state index contributed by atoms with van der Waals surface area (Å²) in [4.78, 5) is 18.9. The number of rotatable bonds is 5. The highest BCUT2D eigenvalue weighted by molar-refractivity contribution is 7.99. The van der Waals surface area contributed by atoms with Crippen molar-refractivity contribution in [3.05, 3.63) is 17.8 Å². The van der Waals surface area contributed by atoms with Crippen LogP contribution >= 0.6 is 11.8 Å².